The molecule has 1 saturated carbocycles. The molecule has 2 aliphatic rings. The average molecular weight is 380 g/mol. The number of carbonyl (C=O) groups excluding carboxylic acids is 2. The molecule has 28 heavy (non-hydrogen) atoms. The fraction of sp³-hybridized carbons (Fsp3) is 0.500. The van der Waals surface area contributed by atoms with Gasteiger partial charge in [0.2, 0.25) is 0 Å². The summed E-state index contributed by atoms with van der Waals surface area (Å²) in [7, 11) is 0. The molecule has 0 aliphatic heterocycles. The highest BCUT2D eigenvalue weighted by Gasteiger charge is 2.36. The molecule has 4 rings (SSSR count). The minimum Gasteiger partial charge on any atom is -0.382 e. The van der Waals surface area contributed by atoms with Crippen molar-refractivity contribution in [2.75, 3.05) is 5.32 Å². The predicted octanol–water partition coefficient (Wildman–Crippen LogP) is 3.65. The monoisotopic (exact) mass is 380 g/mol. The topological polar surface area (TPSA) is 90.0 Å². The van der Waals surface area contributed by atoms with Crippen LogP contribution in [-0.2, 0) is 12.8 Å². The second-order valence-corrected chi connectivity index (χ2v) is 8.84. The maximum atomic E-state index is 12.8. The summed E-state index contributed by atoms with van der Waals surface area (Å²) in [6, 6.07) is 5.95. The quantitative estimate of drug-likeness (QED) is 0.828. The molecule has 0 spiro atoms. The van der Waals surface area contributed by atoms with Gasteiger partial charge in [-0.05, 0) is 55.7 Å². The van der Waals surface area contributed by atoms with E-state index in [0.717, 1.165) is 47.6 Å². The molecule has 2 aliphatic carbocycles. The minimum atomic E-state index is -0.443. The van der Waals surface area contributed by atoms with E-state index >= 15 is 0 Å². The Balaban J connectivity index is 1.82. The number of nitrogens with zero attached hydrogens (tertiary/aromatic N) is 2. The lowest BCUT2D eigenvalue weighted by atomic mass is 9.75. The van der Waals surface area contributed by atoms with Crippen LogP contribution in [0.15, 0.2) is 18.2 Å². The van der Waals surface area contributed by atoms with Crippen molar-refractivity contribution in [2.45, 2.75) is 65.3 Å². The summed E-state index contributed by atoms with van der Waals surface area (Å²) in [5.41, 5.74) is 10.2. The summed E-state index contributed by atoms with van der Waals surface area (Å²) in [4.78, 5) is 24.7. The lowest BCUT2D eigenvalue weighted by Crippen LogP contribution is -2.29. The largest absolute Gasteiger partial charge is 0.382 e. The van der Waals surface area contributed by atoms with Gasteiger partial charge in [-0.3, -0.25) is 9.59 Å². The number of ketones is 1. The molecule has 3 N–H and O–H groups in total. The first-order chi connectivity index (χ1) is 13.3. The van der Waals surface area contributed by atoms with Crippen molar-refractivity contribution in [3.05, 3.63) is 40.7 Å². The number of Topliss-reactive ketones (excluding diaryl/α,β-unsaturated/α-hetero) is 1. The number of aryl methyl sites for hydroxylation is 1. The van der Waals surface area contributed by atoms with Gasteiger partial charge >= 0.3 is 0 Å². The third kappa shape index (κ3) is 3.21. The van der Waals surface area contributed by atoms with E-state index < -0.39 is 5.91 Å². The van der Waals surface area contributed by atoms with Crippen LogP contribution in [0.5, 0.6) is 0 Å². The van der Waals surface area contributed by atoms with Crippen molar-refractivity contribution in [3.63, 3.8) is 0 Å². The van der Waals surface area contributed by atoms with Gasteiger partial charge in [-0.2, -0.15) is 5.10 Å². The number of primary amides is 1. The van der Waals surface area contributed by atoms with Crippen LogP contribution in [0.25, 0.3) is 5.69 Å². The molecule has 6 nitrogen and oxygen atoms in total. The number of anilines is 1. The SMILES string of the molecule is CCc1nn(-c2ccc(C(N)=O)c(NC3CCC3)c2)c2c1C(=O)CC(C)(C)C2. The molecule has 2 aromatic rings. The molecule has 148 valence electrons. The average Bonchev–Trinajstić information content (AvgIpc) is 2.95. The van der Waals surface area contributed by atoms with Gasteiger partial charge in [0.15, 0.2) is 5.78 Å². The molecule has 6 heteroatoms. The Bertz CT molecular complexity index is 954. The maximum Gasteiger partial charge on any atom is 0.250 e. The predicted molar refractivity (Wildman–Crippen MR) is 109 cm³/mol. The highest BCUT2D eigenvalue weighted by atomic mass is 16.1. The molecule has 0 unspecified atom stereocenters. The summed E-state index contributed by atoms with van der Waals surface area (Å²) < 4.78 is 1.89. The number of hydrogen-bond acceptors (Lipinski definition) is 4. The van der Waals surface area contributed by atoms with E-state index in [1.165, 1.54) is 6.42 Å². The van der Waals surface area contributed by atoms with Gasteiger partial charge in [-0.15, -0.1) is 0 Å². The van der Waals surface area contributed by atoms with Crippen molar-refractivity contribution >= 4 is 17.4 Å². The van der Waals surface area contributed by atoms with Gasteiger partial charge in [-0.1, -0.05) is 20.8 Å². The minimum absolute atomic E-state index is 0.0902. The number of hydrogen-bond donors (Lipinski definition) is 2. The van der Waals surface area contributed by atoms with Crippen LogP contribution in [0.2, 0.25) is 0 Å². The number of rotatable bonds is 5. The van der Waals surface area contributed by atoms with E-state index in [2.05, 4.69) is 19.2 Å². The van der Waals surface area contributed by atoms with Crippen molar-refractivity contribution in [2.24, 2.45) is 11.1 Å². The second kappa shape index (κ2) is 6.76. The molecule has 0 radical (unpaired) electrons. The summed E-state index contributed by atoms with van der Waals surface area (Å²) >= 11 is 0. The zero-order chi connectivity index (χ0) is 20.1. The zero-order valence-electron chi connectivity index (χ0n) is 16.8. The number of carbonyl (C=O) groups is 2. The number of amides is 1. The van der Waals surface area contributed by atoms with Crippen LogP contribution >= 0.6 is 0 Å². The molecule has 0 bridgehead atoms. The van der Waals surface area contributed by atoms with Crippen LogP contribution in [0.1, 0.15) is 78.6 Å². The lowest BCUT2D eigenvalue weighted by Gasteiger charge is -2.30. The van der Waals surface area contributed by atoms with Crippen LogP contribution in [0.3, 0.4) is 0 Å². The summed E-state index contributed by atoms with van der Waals surface area (Å²) in [6.07, 6.45) is 5.46. The Labute approximate surface area is 165 Å². The van der Waals surface area contributed by atoms with Gasteiger partial charge in [0.05, 0.1) is 28.2 Å². The molecular formula is C22H28N4O2. The molecule has 0 atom stereocenters. The first kappa shape index (κ1) is 18.7. The number of aromatic nitrogens is 2. The van der Waals surface area contributed by atoms with Crippen molar-refractivity contribution < 1.29 is 9.59 Å². The standard InChI is InChI=1S/C22H28N4O2/c1-4-16-20-18(11-22(2,3)12-19(20)27)26(25-16)14-8-9-15(21(23)28)17(10-14)24-13-6-5-7-13/h8-10,13,24H,4-7,11-12H2,1-3H3,(H2,23,28). The molecule has 1 heterocycles. The summed E-state index contributed by atoms with van der Waals surface area (Å²) in [6.45, 7) is 6.27. The maximum absolute atomic E-state index is 12.8. The van der Waals surface area contributed by atoms with Crippen molar-refractivity contribution in [1.82, 2.24) is 9.78 Å². The van der Waals surface area contributed by atoms with E-state index in [4.69, 9.17) is 10.8 Å². The van der Waals surface area contributed by atoms with Crippen LogP contribution in [-0.4, -0.2) is 27.5 Å². The Hall–Kier alpha value is -2.63. The van der Waals surface area contributed by atoms with E-state index in [1.807, 2.05) is 23.7 Å². The number of nitrogens with one attached hydrogen (secondary N) is 1. The summed E-state index contributed by atoms with van der Waals surface area (Å²) in [5, 5.41) is 8.23. The highest BCUT2D eigenvalue weighted by Crippen LogP contribution is 2.38. The molecule has 0 saturated heterocycles. The molecule has 1 aromatic carbocycles. The van der Waals surface area contributed by atoms with Gasteiger partial charge in [0.1, 0.15) is 0 Å². The second-order valence-electron chi connectivity index (χ2n) is 8.84. The van der Waals surface area contributed by atoms with E-state index in [0.29, 0.717) is 24.4 Å². The van der Waals surface area contributed by atoms with E-state index in [1.54, 1.807) is 6.07 Å². The Morgan fingerprint density at radius 1 is 1.32 bits per heavy atom. The first-order valence-corrected chi connectivity index (χ1v) is 10.1. The number of fused-ring (bicyclic) bond motifs is 1. The highest BCUT2D eigenvalue weighted by molar-refractivity contribution is 6.00. The number of benzene rings is 1. The molecule has 1 amide bonds. The van der Waals surface area contributed by atoms with Gasteiger partial charge in [0, 0.05) is 18.2 Å². The Morgan fingerprint density at radius 3 is 2.68 bits per heavy atom. The zero-order valence-corrected chi connectivity index (χ0v) is 16.8. The smallest absolute Gasteiger partial charge is 0.250 e. The van der Waals surface area contributed by atoms with Gasteiger partial charge in [0.25, 0.3) is 5.91 Å². The Morgan fingerprint density at radius 2 is 2.07 bits per heavy atom. The van der Waals surface area contributed by atoms with Crippen LogP contribution < -0.4 is 11.1 Å². The van der Waals surface area contributed by atoms with E-state index in [9.17, 15) is 9.59 Å². The van der Waals surface area contributed by atoms with Gasteiger partial charge in [-0.25, -0.2) is 4.68 Å². The lowest BCUT2D eigenvalue weighted by molar-refractivity contribution is 0.0909. The molecule has 1 aromatic heterocycles. The fourth-order valence-electron chi connectivity index (χ4n) is 4.26. The molecular weight excluding hydrogens is 352 g/mol. The normalized spacial score (nSPS) is 18.5. The van der Waals surface area contributed by atoms with Crippen LogP contribution in [0.4, 0.5) is 5.69 Å². The Kier molecular flexibility index (Phi) is 4.52. The van der Waals surface area contributed by atoms with Crippen molar-refractivity contribution in [3.8, 4) is 5.69 Å². The van der Waals surface area contributed by atoms with Crippen molar-refractivity contribution in [1.29, 1.82) is 0 Å². The fourth-order valence-corrected chi connectivity index (χ4v) is 4.26. The molecule has 1 fully saturated rings. The first-order valence-electron chi connectivity index (χ1n) is 10.1. The van der Waals surface area contributed by atoms with E-state index in [-0.39, 0.29) is 11.2 Å². The summed E-state index contributed by atoms with van der Waals surface area (Å²) in [5.74, 6) is -0.266. The van der Waals surface area contributed by atoms with Gasteiger partial charge < -0.3 is 11.1 Å². The third-order valence-electron chi connectivity index (χ3n) is 5.93. The van der Waals surface area contributed by atoms with Crippen LogP contribution in [0, 0.1) is 5.41 Å². The third-order valence-corrected chi connectivity index (χ3v) is 5.93. The number of nitrogens with two attached hydrogens (primary N) is 1.